The number of rotatable bonds is 6. The second-order valence-corrected chi connectivity index (χ2v) is 9.93. The molecule has 3 aromatic rings. The largest absolute Gasteiger partial charge is 0.461 e. The van der Waals surface area contributed by atoms with Gasteiger partial charge in [-0.1, -0.05) is 58.4 Å². The topological polar surface area (TPSA) is 72.5 Å². The van der Waals surface area contributed by atoms with E-state index in [4.69, 9.17) is 4.74 Å². The molecule has 3 aromatic carbocycles. The molecule has 198 valence electrons. The summed E-state index contributed by atoms with van der Waals surface area (Å²) in [5.74, 6) is -6.14. The average molecular weight is 592 g/mol. The van der Waals surface area contributed by atoms with Gasteiger partial charge in [-0.05, 0) is 41.5 Å². The SMILES string of the molecule is O=C1C[C@H](C(=O)Nc2ccc(C(F)(F)F)cc2F)[C@H](C(=O)OCc2ccccc2)[C@H](c2ccc(Br)cc2)C1. The van der Waals surface area contributed by atoms with E-state index in [-0.39, 0.29) is 31.3 Å². The first-order chi connectivity index (χ1) is 18.0. The van der Waals surface area contributed by atoms with Crippen molar-refractivity contribution in [1.82, 2.24) is 0 Å². The lowest BCUT2D eigenvalue weighted by Crippen LogP contribution is -2.43. The van der Waals surface area contributed by atoms with E-state index in [9.17, 15) is 31.9 Å². The minimum Gasteiger partial charge on any atom is -0.461 e. The Morgan fingerprint density at radius 3 is 2.29 bits per heavy atom. The van der Waals surface area contributed by atoms with Crippen molar-refractivity contribution in [3.63, 3.8) is 0 Å². The quantitative estimate of drug-likeness (QED) is 0.257. The summed E-state index contributed by atoms with van der Waals surface area (Å²) in [4.78, 5) is 39.4. The molecule has 0 spiro atoms. The van der Waals surface area contributed by atoms with Crippen LogP contribution in [0.15, 0.2) is 77.3 Å². The molecule has 1 aliphatic carbocycles. The number of nitrogens with one attached hydrogen (secondary N) is 1. The van der Waals surface area contributed by atoms with E-state index in [0.717, 1.165) is 16.1 Å². The number of Topliss-reactive ketones (excluding diaryl/α,β-unsaturated/α-hetero) is 1. The maximum absolute atomic E-state index is 14.5. The lowest BCUT2D eigenvalue weighted by Gasteiger charge is -2.35. The number of benzene rings is 3. The Labute approximate surface area is 224 Å². The molecule has 3 atom stereocenters. The van der Waals surface area contributed by atoms with Crippen molar-refractivity contribution in [3.05, 3.63) is 99.8 Å². The average Bonchev–Trinajstić information content (AvgIpc) is 2.88. The molecule has 10 heteroatoms. The van der Waals surface area contributed by atoms with Crippen LogP contribution in [0.5, 0.6) is 0 Å². The fourth-order valence-electron chi connectivity index (χ4n) is 4.57. The third kappa shape index (κ3) is 6.48. The first-order valence-electron chi connectivity index (χ1n) is 11.7. The summed E-state index contributed by atoms with van der Waals surface area (Å²) >= 11 is 3.34. The number of amides is 1. The van der Waals surface area contributed by atoms with Gasteiger partial charge in [0.05, 0.1) is 23.1 Å². The number of hydrogen-bond donors (Lipinski definition) is 1. The molecule has 1 N–H and O–H groups in total. The van der Waals surface area contributed by atoms with Crippen LogP contribution in [-0.2, 0) is 31.9 Å². The van der Waals surface area contributed by atoms with Gasteiger partial charge in [0.25, 0.3) is 0 Å². The van der Waals surface area contributed by atoms with E-state index in [2.05, 4.69) is 21.2 Å². The molecule has 0 unspecified atom stereocenters. The van der Waals surface area contributed by atoms with Gasteiger partial charge >= 0.3 is 12.1 Å². The van der Waals surface area contributed by atoms with Crippen molar-refractivity contribution >= 4 is 39.3 Å². The van der Waals surface area contributed by atoms with E-state index < -0.39 is 52.9 Å². The van der Waals surface area contributed by atoms with E-state index in [1.165, 1.54) is 0 Å². The number of halogens is 5. The Morgan fingerprint density at radius 2 is 1.66 bits per heavy atom. The predicted molar refractivity (Wildman–Crippen MR) is 134 cm³/mol. The summed E-state index contributed by atoms with van der Waals surface area (Å²) < 4.78 is 59.5. The zero-order valence-corrected chi connectivity index (χ0v) is 21.4. The first-order valence-corrected chi connectivity index (χ1v) is 12.5. The zero-order valence-electron chi connectivity index (χ0n) is 19.8. The molecule has 0 bridgehead atoms. The molecule has 0 aliphatic heterocycles. The van der Waals surface area contributed by atoms with Crippen LogP contribution in [-0.4, -0.2) is 17.7 Å². The number of esters is 1. The monoisotopic (exact) mass is 591 g/mol. The fourth-order valence-corrected chi connectivity index (χ4v) is 4.84. The molecule has 5 nitrogen and oxygen atoms in total. The van der Waals surface area contributed by atoms with Crippen LogP contribution in [0, 0.1) is 17.7 Å². The Morgan fingerprint density at radius 1 is 0.974 bits per heavy atom. The van der Waals surface area contributed by atoms with E-state index in [0.29, 0.717) is 11.6 Å². The molecule has 1 aliphatic rings. The van der Waals surface area contributed by atoms with Crippen LogP contribution in [0.2, 0.25) is 0 Å². The molecule has 0 radical (unpaired) electrons. The van der Waals surface area contributed by atoms with E-state index in [1.807, 2.05) is 6.07 Å². The van der Waals surface area contributed by atoms with Crippen LogP contribution < -0.4 is 5.32 Å². The molecule has 1 saturated carbocycles. The number of ketones is 1. The Hall–Kier alpha value is -3.53. The second kappa shape index (κ2) is 11.5. The van der Waals surface area contributed by atoms with Crippen molar-refractivity contribution in [2.24, 2.45) is 11.8 Å². The lowest BCUT2D eigenvalue weighted by molar-refractivity contribution is -0.157. The zero-order chi connectivity index (χ0) is 27.4. The molecule has 1 amide bonds. The summed E-state index contributed by atoms with van der Waals surface area (Å²) in [6.07, 6.45) is -5.07. The maximum Gasteiger partial charge on any atom is 0.416 e. The maximum atomic E-state index is 14.5. The normalized spacial score (nSPS) is 19.6. The third-order valence-electron chi connectivity index (χ3n) is 6.45. The minimum absolute atomic E-state index is 0.00877. The van der Waals surface area contributed by atoms with Crippen molar-refractivity contribution in [1.29, 1.82) is 0 Å². The summed E-state index contributed by atoms with van der Waals surface area (Å²) in [5.41, 5.74) is -0.335. The van der Waals surface area contributed by atoms with Gasteiger partial charge in [0.1, 0.15) is 18.2 Å². The van der Waals surface area contributed by atoms with Crippen LogP contribution in [0.1, 0.15) is 35.4 Å². The van der Waals surface area contributed by atoms with Crippen LogP contribution in [0.3, 0.4) is 0 Å². The van der Waals surface area contributed by atoms with Gasteiger partial charge in [-0.3, -0.25) is 14.4 Å². The fraction of sp³-hybridized carbons (Fsp3) is 0.250. The smallest absolute Gasteiger partial charge is 0.416 e. The van der Waals surface area contributed by atoms with Crippen molar-refractivity contribution in [2.75, 3.05) is 5.32 Å². The predicted octanol–water partition coefficient (Wildman–Crippen LogP) is 6.67. The minimum atomic E-state index is -4.76. The number of alkyl halides is 3. The highest BCUT2D eigenvalue weighted by atomic mass is 79.9. The molecule has 1 fully saturated rings. The first kappa shape index (κ1) is 27.5. The molecular weight excluding hydrogens is 570 g/mol. The van der Waals surface area contributed by atoms with Gasteiger partial charge in [-0.2, -0.15) is 13.2 Å². The Balaban J connectivity index is 1.63. The number of hydrogen-bond acceptors (Lipinski definition) is 4. The number of anilines is 1. The molecule has 0 saturated heterocycles. The molecule has 0 heterocycles. The van der Waals surface area contributed by atoms with E-state index in [1.54, 1.807) is 48.5 Å². The summed E-state index contributed by atoms with van der Waals surface area (Å²) in [6.45, 7) is -0.0565. The number of carbonyl (C=O) groups is 3. The van der Waals surface area contributed by atoms with Crippen LogP contribution in [0.25, 0.3) is 0 Å². The molecule has 4 rings (SSSR count). The van der Waals surface area contributed by atoms with Gasteiger partial charge in [0.2, 0.25) is 5.91 Å². The van der Waals surface area contributed by atoms with Crippen LogP contribution in [0.4, 0.5) is 23.2 Å². The third-order valence-corrected chi connectivity index (χ3v) is 6.98. The lowest BCUT2D eigenvalue weighted by atomic mass is 9.68. The van der Waals surface area contributed by atoms with Crippen molar-refractivity contribution in [2.45, 2.75) is 31.5 Å². The molecule has 38 heavy (non-hydrogen) atoms. The van der Waals surface area contributed by atoms with Crippen molar-refractivity contribution in [3.8, 4) is 0 Å². The number of ether oxygens (including phenoxy) is 1. The Kier molecular flexibility index (Phi) is 8.30. The summed E-state index contributed by atoms with van der Waals surface area (Å²) in [5, 5.41) is 2.27. The highest BCUT2D eigenvalue weighted by molar-refractivity contribution is 9.10. The standard InChI is InChI=1S/C28H22BrF4NO4/c29-19-9-6-17(7-10-19)21-13-20(35)14-22(25(21)27(37)38-15-16-4-2-1-3-5-16)26(36)34-24-11-8-18(12-23(24)30)28(31,32)33/h1-12,21-22,25H,13-15H2,(H,34,36)/t21-,22-,25+/m0/s1. The van der Waals surface area contributed by atoms with E-state index >= 15 is 0 Å². The van der Waals surface area contributed by atoms with Gasteiger partial charge in [-0.25, -0.2) is 4.39 Å². The highest BCUT2D eigenvalue weighted by Gasteiger charge is 2.46. The Bertz CT molecular complexity index is 1330. The second-order valence-electron chi connectivity index (χ2n) is 9.01. The van der Waals surface area contributed by atoms with Crippen molar-refractivity contribution < 1.29 is 36.7 Å². The molecular formula is C28H22BrF4NO4. The van der Waals surface area contributed by atoms with Gasteiger partial charge in [0, 0.05) is 23.2 Å². The number of carbonyl (C=O) groups excluding carboxylic acids is 3. The highest BCUT2D eigenvalue weighted by Crippen LogP contribution is 2.42. The van der Waals surface area contributed by atoms with Crippen LogP contribution >= 0.6 is 15.9 Å². The van der Waals surface area contributed by atoms with Gasteiger partial charge in [-0.15, -0.1) is 0 Å². The summed E-state index contributed by atoms with van der Waals surface area (Å²) in [6, 6.07) is 17.6. The van der Waals surface area contributed by atoms with Gasteiger partial charge < -0.3 is 10.1 Å². The molecule has 0 aromatic heterocycles. The summed E-state index contributed by atoms with van der Waals surface area (Å²) in [7, 11) is 0. The van der Waals surface area contributed by atoms with Gasteiger partial charge in [0.15, 0.2) is 0 Å².